The van der Waals surface area contributed by atoms with Crippen LogP contribution in [0.15, 0.2) is 101 Å². The molecule has 0 fully saturated rings. The number of rotatable bonds is 7. The Morgan fingerprint density at radius 2 is 1.74 bits per heavy atom. The second-order valence-electron chi connectivity index (χ2n) is 8.82. The Balaban J connectivity index is 1.46. The summed E-state index contributed by atoms with van der Waals surface area (Å²) in [5.41, 5.74) is 2.45. The van der Waals surface area contributed by atoms with Gasteiger partial charge in [-0.15, -0.1) is 0 Å². The number of carbonyl (C=O) groups is 1. The Morgan fingerprint density at radius 1 is 0.974 bits per heavy atom. The van der Waals surface area contributed by atoms with Crippen LogP contribution in [0.3, 0.4) is 0 Å². The van der Waals surface area contributed by atoms with Crippen LogP contribution in [0.5, 0.6) is 5.75 Å². The van der Waals surface area contributed by atoms with E-state index in [0.29, 0.717) is 22.4 Å². The molecule has 0 aliphatic carbocycles. The van der Waals surface area contributed by atoms with Crippen molar-refractivity contribution in [1.29, 1.82) is 0 Å². The van der Waals surface area contributed by atoms with Gasteiger partial charge in [-0.3, -0.25) is 4.79 Å². The van der Waals surface area contributed by atoms with Crippen molar-refractivity contribution in [1.82, 2.24) is 4.98 Å². The van der Waals surface area contributed by atoms with Gasteiger partial charge in [0.1, 0.15) is 17.9 Å². The predicted molar refractivity (Wildman–Crippen MR) is 145 cm³/mol. The van der Waals surface area contributed by atoms with Crippen molar-refractivity contribution in [3.63, 3.8) is 0 Å². The van der Waals surface area contributed by atoms with Crippen molar-refractivity contribution in [3.05, 3.63) is 119 Å². The van der Waals surface area contributed by atoms with Gasteiger partial charge < -0.3 is 14.5 Å². The van der Waals surface area contributed by atoms with Crippen LogP contribution < -0.4 is 10.1 Å². The molecule has 39 heavy (non-hydrogen) atoms. The van der Waals surface area contributed by atoms with E-state index in [4.69, 9.17) is 9.15 Å². The molecule has 8 heteroatoms. The lowest BCUT2D eigenvalue weighted by atomic mass is 10.1. The van der Waals surface area contributed by atoms with Gasteiger partial charge in [0.25, 0.3) is 5.91 Å². The maximum atomic E-state index is 13.4. The van der Waals surface area contributed by atoms with Gasteiger partial charge in [0, 0.05) is 5.56 Å². The third kappa shape index (κ3) is 6.01. The molecule has 5 nitrogen and oxygen atoms in total. The largest absolute Gasteiger partial charge is 0.489 e. The van der Waals surface area contributed by atoms with E-state index in [1.165, 1.54) is 30.3 Å². The fourth-order valence-corrected chi connectivity index (χ4v) is 4.04. The molecular formula is C31H23F3N2O3. The molecule has 0 atom stereocenters. The van der Waals surface area contributed by atoms with Gasteiger partial charge in [-0.25, -0.2) is 4.98 Å². The fourth-order valence-electron chi connectivity index (χ4n) is 4.04. The zero-order valence-electron chi connectivity index (χ0n) is 20.8. The minimum absolute atomic E-state index is 0.118. The number of aromatic nitrogens is 1. The molecule has 0 aliphatic rings. The minimum atomic E-state index is -4.61. The van der Waals surface area contributed by atoms with Gasteiger partial charge in [-0.2, -0.15) is 13.2 Å². The first-order valence-corrected chi connectivity index (χ1v) is 12.1. The Morgan fingerprint density at radius 3 is 2.54 bits per heavy atom. The second-order valence-corrected chi connectivity index (χ2v) is 8.82. The molecule has 196 valence electrons. The van der Waals surface area contributed by atoms with Crippen LogP contribution in [0.4, 0.5) is 18.9 Å². The summed E-state index contributed by atoms with van der Waals surface area (Å²) in [5.74, 6) is -0.0818. The Bertz CT molecular complexity index is 1660. The molecule has 0 unspecified atom stereocenters. The lowest BCUT2D eigenvalue weighted by Gasteiger charge is -2.14. The molecule has 1 heterocycles. The molecule has 0 radical (unpaired) electrons. The molecular weight excluding hydrogens is 505 g/mol. The number of aryl methyl sites for hydroxylation is 1. The molecule has 1 aromatic heterocycles. The average Bonchev–Trinajstić information content (AvgIpc) is 3.34. The van der Waals surface area contributed by atoms with Crippen molar-refractivity contribution in [2.75, 3.05) is 11.9 Å². The van der Waals surface area contributed by atoms with Crippen LogP contribution in [0.1, 0.15) is 27.0 Å². The van der Waals surface area contributed by atoms with Crippen molar-refractivity contribution >= 4 is 28.8 Å². The van der Waals surface area contributed by atoms with Gasteiger partial charge in [0.2, 0.25) is 5.89 Å². The number of halogens is 3. The highest BCUT2D eigenvalue weighted by Crippen LogP contribution is 2.36. The molecule has 5 rings (SSSR count). The van der Waals surface area contributed by atoms with E-state index in [0.717, 1.165) is 17.2 Å². The number of para-hydroxylation sites is 1. The number of ether oxygens (including phenoxy) is 1. The number of fused-ring (bicyclic) bond motifs is 1. The minimum Gasteiger partial charge on any atom is -0.489 e. The van der Waals surface area contributed by atoms with Crippen molar-refractivity contribution < 1.29 is 27.1 Å². The number of anilines is 1. The summed E-state index contributed by atoms with van der Waals surface area (Å²) in [6, 6.07) is 24.7. The van der Waals surface area contributed by atoms with Crippen LogP contribution in [0.25, 0.3) is 28.6 Å². The number of carbonyl (C=O) groups excluding carboxylic acids is 1. The van der Waals surface area contributed by atoms with Gasteiger partial charge in [-0.1, -0.05) is 54.6 Å². The normalized spacial score (nSPS) is 11.7. The van der Waals surface area contributed by atoms with E-state index in [1.54, 1.807) is 12.1 Å². The second kappa shape index (κ2) is 10.9. The molecule has 0 saturated carbocycles. The van der Waals surface area contributed by atoms with Crippen LogP contribution in [0.2, 0.25) is 0 Å². The van der Waals surface area contributed by atoms with Crippen LogP contribution in [-0.2, 0) is 6.18 Å². The van der Waals surface area contributed by atoms with Crippen LogP contribution >= 0.6 is 0 Å². The summed E-state index contributed by atoms with van der Waals surface area (Å²) in [4.78, 5) is 17.6. The van der Waals surface area contributed by atoms with Crippen molar-refractivity contribution in [3.8, 4) is 17.2 Å². The average molecular weight is 529 g/mol. The lowest BCUT2D eigenvalue weighted by Crippen LogP contribution is -2.16. The molecule has 5 aromatic rings. The van der Waals surface area contributed by atoms with Gasteiger partial charge in [-0.05, 0) is 66.6 Å². The zero-order chi connectivity index (χ0) is 27.4. The molecule has 4 aromatic carbocycles. The maximum absolute atomic E-state index is 13.4. The highest BCUT2D eigenvalue weighted by molar-refractivity contribution is 6.05. The first kappa shape index (κ1) is 25.8. The summed E-state index contributed by atoms with van der Waals surface area (Å²) in [7, 11) is 0. The number of alkyl halides is 3. The molecule has 0 aliphatic heterocycles. The van der Waals surface area contributed by atoms with Gasteiger partial charge in [0.15, 0.2) is 5.58 Å². The number of benzene rings is 4. The molecule has 0 spiro atoms. The molecule has 0 bridgehead atoms. The van der Waals surface area contributed by atoms with Crippen molar-refractivity contribution in [2.45, 2.75) is 13.1 Å². The number of hydrogen-bond donors (Lipinski definition) is 1. The zero-order valence-corrected chi connectivity index (χ0v) is 20.8. The van der Waals surface area contributed by atoms with Crippen LogP contribution in [0, 0.1) is 6.92 Å². The van der Waals surface area contributed by atoms with E-state index < -0.39 is 17.6 Å². The number of amides is 1. The SMILES string of the molecule is Cc1ccc2oc(-c3cc(C(=O)Nc4ccccc4C(F)(F)F)ccc3OCC=Cc3ccccc3)nc2c1. The summed E-state index contributed by atoms with van der Waals surface area (Å²) in [5, 5.41) is 2.37. The number of nitrogens with one attached hydrogen (secondary N) is 1. The molecule has 1 N–H and O–H groups in total. The molecule has 1 amide bonds. The Hall–Kier alpha value is -4.85. The third-order valence-electron chi connectivity index (χ3n) is 5.94. The smallest absolute Gasteiger partial charge is 0.418 e. The predicted octanol–water partition coefficient (Wildman–Crippen LogP) is 8.17. The first-order chi connectivity index (χ1) is 18.8. The van der Waals surface area contributed by atoms with E-state index in [2.05, 4.69) is 10.3 Å². The highest BCUT2D eigenvalue weighted by Gasteiger charge is 2.33. The summed E-state index contributed by atoms with van der Waals surface area (Å²) in [6.45, 7) is 2.16. The number of nitrogens with zero attached hydrogens (tertiary/aromatic N) is 1. The van der Waals surface area contributed by atoms with E-state index >= 15 is 0 Å². The number of hydrogen-bond acceptors (Lipinski definition) is 4. The standard InChI is InChI=1S/C31H23F3N2O3/c1-20-13-15-28-26(18-20)36-30(39-28)23-19-22(29(37)35-25-12-6-5-11-24(25)31(32,33)34)14-16-27(23)38-17-7-10-21-8-3-2-4-9-21/h2-16,18-19H,17H2,1H3,(H,35,37). The van der Waals surface area contributed by atoms with E-state index in [1.807, 2.05) is 61.5 Å². The quantitative estimate of drug-likeness (QED) is 0.231. The Kier molecular flexibility index (Phi) is 7.19. The topological polar surface area (TPSA) is 64.4 Å². The fraction of sp³-hybridized carbons (Fsp3) is 0.0968. The monoisotopic (exact) mass is 528 g/mol. The first-order valence-electron chi connectivity index (χ1n) is 12.1. The molecule has 0 saturated heterocycles. The van der Waals surface area contributed by atoms with E-state index in [-0.39, 0.29) is 23.7 Å². The van der Waals surface area contributed by atoms with Crippen LogP contribution in [-0.4, -0.2) is 17.5 Å². The van der Waals surface area contributed by atoms with Crippen molar-refractivity contribution in [2.24, 2.45) is 0 Å². The van der Waals surface area contributed by atoms with Gasteiger partial charge >= 0.3 is 6.18 Å². The third-order valence-corrected chi connectivity index (χ3v) is 5.94. The van der Waals surface area contributed by atoms with Gasteiger partial charge in [0.05, 0.1) is 16.8 Å². The number of oxazole rings is 1. The summed E-state index contributed by atoms with van der Waals surface area (Å²) >= 11 is 0. The lowest BCUT2D eigenvalue weighted by molar-refractivity contribution is -0.136. The highest BCUT2D eigenvalue weighted by atomic mass is 19.4. The van der Waals surface area contributed by atoms with E-state index in [9.17, 15) is 18.0 Å². The summed E-state index contributed by atoms with van der Waals surface area (Å²) in [6.07, 6.45) is -0.846. The maximum Gasteiger partial charge on any atom is 0.418 e. The Labute approximate surface area is 222 Å². The summed E-state index contributed by atoms with van der Waals surface area (Å²) < 4.78 is 52.2.